The highest BCUT2D eigenvalue weighted by Crippen LogP contribution is 2.41. The molecule has 1 saturated heterocycles. The number of rotatable bonds is 4. The number of aromatic nitrogens is 2. The van der Waals surface area contributed by atoms with Crippen LogP contribution in [0.3, 0.4) is 0 Å². The predicted octanol–water partition coefficient (Wildman–Crippen LogP) is 4.12. The standard InChI is InChI=1S/C23H29FN6O2/c1-14-6-9-17(27-22(31)32)13-30(14,23(2,3)4)20-11-19(28-21(26-5)29-20)15-7-8-16(12-25)18(24)10-15/h7-8,10-11,14,17,27H,6,9,13H2,1-5H3,(H-,26,28,29,31,32)/p+1. The summed E-state index contributed by atoms with van der Waals surface area (Å²) in [7, 11) is 1.72. The monoisotopic (exact) mass is 441 g/mol. The summed E-state index contributed by atoms with van der Waals surface area (Å²) in [5, 5.41) is 24.0. The summed E-state index contributed by atoms with van der Waals surface area (Å²) < 4.78 is 14.8. The fourth-order valence-corrected chi connectivity index (χ4v) is 4.84. The third kappa shape index (κ3) is 4.23. The first-order valence-corrected chi connectivity index (χ1v) is 10.7. The number of likely N-dealkylation sites (tertiary alicyclic amines) is 1. The highest BCUT2D eigenvalue weighted by Gasteiger charge is 2.52. The van der Waals surface area contributed by atoms with Gasteiger partial charge >= 0.3 is 6.09 Å². The van der Waals surface area contributed by atoms with Crippen molar-refractivity contribution in [2.24, 2.45) is 0 Å². The average Bonchev–Trinajstić information content (AvgIpc) is 2.73. The van der Waals surface area contributed by atoms with E-state index in [4.69, 9.17) is 10.2 Å². The summed E-state index contributed by atoms with van der Waals surface area (Å²) in [5.41, 5.74) is 0.746. The van der Waals surface area contributed by atoms with Gasteiger partial charge in [-0.2, -0.15) is 10.2 Å². The molecule has 32 heavy (non-hydrogen) atoms. The van der Waals surface area contributed by atoms with Crippen LogP contribution in [0.2, 0.25) is 0 Å². The van der Waals surface area contributed by atoms with Gasteiger partial charge in [0.2, 0.25) is 11.8 Å². The molecule has 1 amide bonds. The Morgan fingerprint density at radius 2 is 2.00 bits per heavy atom. The van der Waals surface area contributed by atoms with Crippen LogP contribution in [0.15, 0.2) is 24.3 Å². The molecule has 1 aliphatic rings. The third-order valence-electron chi connectivity index (χ3n) is 6.45. The van der Waals surface area contributed by atoms with Crippen LogP contribution in [-0.2, 0) is 0 Å². The van der Waals surface area contributed by atoms with Gasteiger partial charge in [0.15, 0.2) is 0 Å². The van der Waals surface area contributed by atoms with Crippen LogP contribution in [0, 0.1) is 17.1 Å². The number of nitriles is 1. The lowest BCUT2D eigenvalue weighted by molar-refractivity contribution is 0.0465. The minimum absolute atomic E-state index is 0.0256. The maximum absolute atomic E-state index is 14.3. The molecule has 170 valence electrons. The van der Waals surface area contributed by atoms with Gasteiger partial charge in [-0.05, 0) is 46.2 Å². The van der Waals surface area contributed by atoms with Crippen molar-refractivity contribution in [1.29, 1.82) is 5.26 Å². The smallest absolute Gasteiger partial charge is 0.405 e. The summed E-state index contributed by atoms with van der Waals surface area (Å²) in [6.07, 6.45) is 0.535. The van der Waals surface area contributed by atoms with Gasteiger partial charge in [0.05, 0.1) is 28.9 Å². The maximum atomic E-state index is 14.3. The van der Waals surface area contributed by atoms with Gasteiger partial charge < -0.3 is 15.7 Å². The molecule has 1 aromatic carbocycles. The zero-order valence-corrected chi connectivity index (χ0v) is 19.1. The van der Waals surface area contributed by atoms with Crippen LogP contribution in [0.25, 0.3) is 11.3 Å². The van der Waals surface area contributed by atoms with E-state index in [1.54, 1.807) is 13.1 Å². The van der Waals surface area contributed by atoms with Crippen LogP contribution in [0.5, 0.6) is 0 Å². The minimum Gasteiger partial charge on any atom is -0.465 e. The molecule has 0 aliphatic carbocycles. The topological polar surface area (TPSA) is 111 Å². The Kier molecular flexibility index (Phi) is 6.37. The largest absolute Gasteiger partial charge is 0.465 e. The third-order valence-corrected chi connectivity index (χ3v) is 6.45. The Labute approximate surface area is 187 Å². The first kappa shape index (κ1) is 23.4. The fourth-order valence-electron chi connectivity index (χ4n) is 4.84. The van der Waals surface area contributed by atoms with E-state index in [1.807, 2.05) is 12.1 Å². The Bertz CT molecular complexity index is 1060. The van der Waals surface area contributed by atoms with Crippen molar-refractivity contribution in [2.45, 2.75) is 58.2 Å². The van der Waals surface area contributed by atoms with E-state index in [9.17, 15) is 14.3 Å². The number of carbonyl (C=O) groups is 1. The Balaban J connectivity index is 2.20. The van der Waals surface area contributed by atoms with Gasteiger partial charge in [0.25, 0.3) is 0 Å². The van der Waals surface area contributed by atoms with E-state index in [0.29, 0.717) is 28.2 Å². The zero-order valence-electron chi connectivity index (χ0n) is 19.1. The van der Waals surface area contributed by atoms with Gasteiger partial charge in [-0.25, -0.2) is 14.2 Å². The van der Waals surface area contributed by atoms with E-state index in [-0.39, 0.29) is 23.2 Å². The van der Waals surface area contributed by atoms with E-state index in [2.05, 4.69) is 43.3 Å². The molecule has 2 heterocycles. The Morgan fingerprint density at radius 1 is 1.28 bits per heavy atom. The van der Waals surface area contributed by atoms with Crippen LogP contribution in [0.4, 0.5) is 21.0 Å². The summed E-state index contributed by atoms with van der Waals surface area (Å²) in [6.45, 7) is 9.06. The van der Waals surface area contributed by atoms with Crippen LogP contribution < -0.4 is 15.1 Å². The number of nitrogens with one attached hydrogen (secondary N) is 2. The van der Waals surface area contributed by atoms with Gasteiger partial charge in [-0.3, -0.25) is 4.48 Å². The molecule has 1 aliphatic heterocycles. The molecule has 3 unspecified atom stereocenters. The molecule has 0 spiro atoms. The Morgan fingerprint density at radius 3 is 2.56 bits per heavy atom. The number of amides is 1. The number of piperidine rings is 1. The highest BCUT2D eigenvalue weighted by molar-refractivity contribution is 5.66. The molecule has 3 rings (SSSR count). The van der Waals surface area contributed by atoms with Crippen molar-refractivity contribution in [1.82, 2.24) is 19.8 Å². The summed E-state index contributed by atoms with van der Waals surface area (Å²) >= 11 is 0. The molecule has 2 aromatic rings. The molecular weight excluding hydrogens is 411 g/mol. The lowest BCUT2D eigenvalue weighted by Crippen LogP contribution is -2.72. The molecular formula is C23H30FN6O2+. The second-order valence-corrected chi connectivity index (χ2v) is 9.29. The van der Waals surface area contributed by atoms with Crippen LogP contribution >= 0.6 is 0 Å². The van der Waals surface area contributed by atoms with Gasteiger partial charge in [-0.15, -0.1) is 0 Å². The fraction of sp³-hybridized carbons (Fsp3) is 0.478. The van der Waals surface area contributed by atoms with Gasteiger partial charge in [-0.1, -0.05) is 6.07 Å². The van der Waals surface area contributed by atoms with Crippen molar-refractivity contribution < 1.29 is 14.3 Å². The summed E-state index contributed by atoms with van der Waals surface area (Å²) in [6, 6.07) is 8.06. The average molecular weight is 442 g/mol. The molecule has 9 heteroatoms. The van der Waals surface area contributed by atoms with Gasteiger partial charge in [0, 0.05) is 25.1 Å². The number of carboxylic acid groups (broad SMARTS) is 1. The predicted molar refractivity (Wildman–Crippen MR) is 122 cm³/mol. The van der Waals surface area contributed by atoms with Crippen LogP contribution in [0.1, 0.15) is 46.1 Å². The van der Waals surface area contributed by atoms with Crippen LogP contribution in [-0.4, -0.2) is 52.4 Å². The quantitative estimate of drug-likeness (QED) is 0.616. The summed E-state index contributed by atoms with van der Waals surface area (Å²) in [4.78, 5) is 20.7. The molecule has 1 fully saturated rings. The van der Waals surface area contributed by atoms with Crippen molar-refractivity contribution in [3.8, 4) is 17.3 Å². The van der Waals surface area contributed by atoms with E-state index >= 15 is 0 Å². The van der Waals surface area contributed by atoms with E-state index < -0.39 is 11.9 Å². The number of nitrogens with zero attached hydrogens (tertiary/aromatic N) is 4. The van der Waals surface area contributed by atoms with Crippen molar-refractivity contribution in [3.05, 3.63) is 35.6 Å². The number of hydrogen-bond acceptors (Lipinski definition) is 5. The number of hydrogen-bond donors (Lipinski definition) is 3. The second-order valence-electron chi connectivity index (χ2n) is 9.29. The van der Waals surface area contributed by atoms with E-state index in [0.717, 1.165) is 18.7 Å². The minimum atomic E-state index is -1.04. The lowest BCUT2D eigenvalue weighted by atomic mass is 9.87. The molecule has 3 atom stereocenters. The first-order valence-electron chi connectivity index (χ1n) is 10.7. The molecule has 0 saturated carbocycles. The second kappa shape index (κ2) is 8.71. The maximum Gasteiger partial charge on any atom is 0.405 e. The number of benzene rings is 1. The van der Waals surface area contributed by atoms with Crippen molar-refractivity contribution in [2.75, 3.05) is 18.9 Å². The van der Waals surface area contributed by atoms with E-state index in [1.165, 1.54) is 12.1 Å². The Hall–Kier alpha value is -3.25. The normalized spacial score (nSPS) is 23.3. The molecule has 8 nitrogen and oxygen atoms in total. The van der Waals surface area contributed by atoms with Gasteiger partial charge in [0.1, 0.15) is 18.4 Å². The SMILES string of the molecule is CNc1nc(-c2ccc(C#N)c(F)c2)cc([N+]2(C(C)(C)C)CC(NC(=O)O)CCC2C)n1. The first-order chi connectivity index (χ1) is 15.0. The number of quaternary nitrogens is 1. The molecule has 3 N–H and O–H groups in total. The number of anilines is 1. The molecule has 0 radical (unpaired) electrons. The van der Waals surface area contributed by atoms with Crippen molar-refractivity contribution in [3.63, 3.8) is 0 Å². The summed E-state index contributed by atoms with van der Waals surface area (Å²) in [5.74, 6) is 0.526. The molecule has 0 bridgehead atoms. The molecule has 1 aromatic heterocycles. The van der Waals surface area contributed by atoms with Crippen molar-refractivity contribution >= 4 is 17.9 Å². The number of halogens is 1. The highest BCUT2D eigenvalue weighted by atomic mass is 19.1. The lowest BCUT2D eigenvalue weighted by Gasteiger charge is -2.55. The zero-order chi connectivity index (χ0) is 23.7.